The van der Waals surface area contributed by atoms with Crippen LogP contribution in [-0.2, 0) is 4.79 Å². The SMILES string of the molecule is C=C(CC)CC(=O)CN1CCCNCC1. The van der Waals surface area contributed by atoms with Crippen molar-refractivity contribution in [3.8, 4) is 0 Å². The molecule has 0 unspecified atom stereocenters. The molecule has 1 aliphatic rings. The molecule has 0 aromatic rings. The third kappa shape index (κ3) is 5.09. The zero-order chi connectivity index (χ0) is 11.1. The molecule has 0 radical (unpaired) electrons. The molecular formula is C12H22N2O. The summed E-state index contributed by atoms with van der Waals surface area (Å²) in [4.78, 5) is 13.9. The Morgan fingerprint density at radius 1 is 1.40 bits per heavy atom. The topological polar surface area (TPSA) is 32.3 Å². The summed E-state index contributed by atoms with van der Waals surface area (Å²) >= 11 is 0. The quantitative estimate of drug-likeness (QED) is 0.692. The van der Waals surface area contributed by atoms with Crippen molar-refractivity contribution < 1.29 is 4.79 Å². The molecule has 0 aliphatic carbocycles. The summed E-state index contributed by atoms with van der Waals surface area (Å²) in [6.07, 6.45) is 2.61. The minimum atomic E-state index is 0.309. The number of hydrogen-bond acceptors (Lipinski definition) is 3. The second-order valence-electron chi connectivity index (χ2n) is 4.20. The van der Waals surface area contributed by atoms with Crippen LogP contribution in [0.3, 0.4) is 0 Å². The van der Waals surface area contributed by atoms with E-state index in [-0.39, 0.29) is 0 Å². The fourth-order valence-corrected chi connectivity index (χ4v) is 1.77. The summed E-state index contributed by atoms with van der Waals surface area (Å²) in [6, 6.07) is 0. The van der Waals surface area contributed by atoms with E-state index in [1.165, 1.54) is 0 Å². The summed E-state index contributed by atoms with van der Waals surface area (Å²) in [5.41, 5.74) is 1.05. The van der Waals surface area contributed by atoms with Gasteiger partial charge in [0.25, 0.3) is 0 Å². The predicted octanol–water partition coefficient (Wildman–Crippen LogP) is 1.21. The number of Topliss-reactive ketones (excluding diaryl/α,β-unsaturated/α-hetero) is 1. The molecule has 0 bridgehead atoms. The van der Waals surface area contributed by atoms with Gasteiger partial charge in [0.15, 0.2) is 5.78 Å². The molecule has 86 valence electrons. The largest absolute Gasteiger partial charge is 0.315 e. The van der Waals surface area contributed by atoms with Gasteiger partial charge < -0.3 is 5.32 Å². The van der Waals surface area contributed by atoms with E-state index < -0.39 is 0 Å². The van der Waals surface area contributed by atoms with Gasteiger partial charge in [-0.1, -0.05) is 19.1 Å². The molecule has 0 amide bonds. The molecule has 1 aliphatic heterocycles. The third-order valence-corrected chi connectivity index (χ3v) is 2.78. The second-order valence-corrected chi connectivity index (χ2v) is 4.20. The van der Waals surface area contributed by atoms with Crippen molar-refractivity contribution in [2.75, 3.05) is 32.7 Å². The van der Waals surface area contributed by atoms with Crippen LogP contribution in [0.1, 0.15) is 26.2 Å². The standard InChI is InChI=1S/C12H22N2O/c1-3-11(2)9-12(15)10-14-7-4-5-13-6-8-14/h13H,2-10H2,1H3. The lowest BCUT2D eigenvalue weighted by Crippen LogP contribution is -2.33. The number of allylic oxidation sites excluding steroid dienone is 1. The zero-order valence-electron chi connectivity index (χ0n) is 9.72. The van der Waals surface area contributed by atoms with Gasteiger partial charge in [0.2, 0.25) is 0 Å². The Kier molecular flexibility index (Phi) is 5.58. The highest BCUT2D eigenvalue weighted by atomic mass is 16.1. The lowest BCUT2D eigenvalue weighted by molar-refractivity contribution is -0.119. The van der Waals surface area contributed by atoms with Crippen LogP contribution < -0.4 is 5.32 Å². The predicted molar refractivity (Wildman–Crippen MR) is 63.0 cm³/mol. The van der Waals surface area contributed by atoms with Crippen molar-refractivity contribution in [3.05, 3.63) is 12.2 Å². The summed E-state index contributed by atoms with van der Waals surface area (Å²) < 4.78 is 0. The molecule has 1 N–H and O–H groups in total. The van der Waals surface area contributed by atoms with Gasteiger partial charge in [-0.2, -0.15) is 0 Å². The number of carbonyl (C=O) groups excluding carboxylic acids is 1. The number of nitrogens with one attached hydrogen (secondary N) is 1. The van der Waals surface area contributed by atoms with Gasteiger partial charge >= 0.3 is 0 Å². The van der Waals surface area contributed by atoms with E-state index in [0.717, 1.165) is 44.6 Å². The minimum absolute atomic E-state index is 0.309. The van der Waals surface area contributed by atoms with E-state index in [4.69, 9.17) is 0 Å². The highest BCUT2D eigenvalue weighted by Gasteiger charge is 2.12. The van der Waals surface area contributed by atoms with E-state index in [0.29, 0.717) is 18.7 Å². The van der Waals surface area contributed by atoms with Gasteiger partial charge in [-0.05, 0) is 25.9 Å². The van der Waals surface area contributed by atoms with Crippen molar-refractivity contribution >= 4 is 5.78 Å². The number of rotatable bonds is 5. The summed E-state index contributed by atoms with van der Waals surface area (Å²) in [5.74, 6) is 0.309. The number of nitrogens with zero attached hydrogens (tertiary/aromatic N) is 1. The van der Waals surface area contributed by atoms with Crippen molar-refractivity contribution in [2.24, 2.45) is 0 Å². The maximum atomic E-state index is 11.7. The number of hydrogen-bond donors (Lipinski definition) is 1. The fourth-order valence-electron chi connectivity index (χ4n) is 1.77. The molecule has 1 rings (SSSR count). The van der Waals surface area contributed by atoms with Crippen LogP contribution in [-0.4, -0.2) is 43.4 Å². The second kappa shape index (κ2) is 6.75. The normalized spacial score (nSPS) is 18.5. The van der Waals surface area contributed by atoms with Gasteiger partial charge in [0.1, 0.15) is 0 Å². The van der Waals surface area contributed by atoms with E-state index in [1.54, 1.807) is 0 Å². The van der Waals surface area contributed by atoms with Crippen LogP contribution in [0.15, 0.2) is 12.2 Å². The van der Waals surface area contributed by atoms with E-state index in [1.807, 2.05) is 6.92 Å². The molecule has 1 heterocycles. The number of ketones is 1. The molecule has 1 fully saturated rings. The van der Waals surface area contributed by atoms with Gasteiger partial charge in [0.05, 0.1) is 6.54 Å². The van der Waals surface area contributed by atoms with Gasteiger partial charge in [-0.3, -0.25) is 9.69 Å². The Morgan fingerprint density at radius 3 is 2.93 bits per heavy atom. The highest BCUT2D eigenvalue weighted by molar-refractivity contribution is 5.82. The fraction of sp³-hybridized carbons (Fsp3) is 0.750. The molecule has 3 nitrogen and oxygen atoms in total. The molecule has 0 aromatic heterocycles. The first kappa shape index (κ1) is 12.4. The first-order valence-corrected chi connectivity index (χ1v) is 5.83. The average molecular weight is 210 g/mol. The van der Waals surface area contributed by atoms with Crippen LogP contribution in [0, 0.1) is 0 Å². The van der Waals surface area contributed by atoms with Crippen LogP contribution >= 0.6 is 0 Å². The number of carbonyl (C=O) groups is 1. The molecule has 1 saturated heterocycles. The van der Waals surface area contributed by atoms with Gasteiger partial charge in [-0.25, -0.2) is 0 Å². The van der Waals surface area contributed by atoms with Crippen molar-refractivity contribution in [1.82, 2.24) is 10.2 Å². The van der Waals surface area contributed by atoms with Crippen LogP contribution in [0.2, 0.25) is 0 Å². The molecule has 3 heteroatoms. The molecule has 0 aromatic carbocycles. The monoisotopic (exact) mass is 210 g/mol. The Balaban J connectivity index is 2.26. The van der Waals surface area contributed by atoms with Crippen LogP contribution in [0.25, 0.3) is 0 Å². The van der Waals surface area contributed by atoms with E-state index in [9.17, 15) is 4.79 Å². The first-order chi connectivity index (χ1) is 7.22. The molecule has 15 heavy (non-hydrogen) atoms. The van der Waals surface area contributed by atoms with Gasteiger partial charge in [0, 0.05) is 19.5 Å². The van der Waals surface area contributed by atoms with Crippen molar-refractivity contribution in [3.63, 3.8) is 0 Å². The summed E-state index contributed by atoms with van der Waals surface area (Å²) in [6.45, 7) is 10.6. The Morgan fingerprint density at radius 2 is 2.20 bits per heavy atom. The third-order valence-electron chi connectivity index (χ3n) is 2.78. The molecule has 0 saturated carbocycles. The lowest BCUT2D eigenvalue weighted by Gasteiger charge is -2.18. The Bertz CT molecular complexity index is 218. The highest BCUT2D eigenvalue weighted by Crippen LogP contribution is 2.05. The van der Waals surface area contributed by atoms with Crippen molar-refractivity contribution in [1.29, 1.82) is 0 Å². The molecule has 0 atom stereocenters. The first-order valence-electron chi connectivity index (χ1n) is 5.83. The Hall–Kier alpha value is -0.670. The lowest BCUT2D eigenvalue weighted by atomic mass is 10.1. The van der Waals surface area contributed by atoms with Crippen LogP contribution in [0.4, 0.5) is 0 Å². The van der Waals surface area contributed by atoms with Gasteiger partial charge in [-0.15, -0.1) is 0 Å². The zero-order valence-corrected chi connectivity index (χ0v) is 9.72. The molecule has 0 spiro atoms. The van der Waals surface area contributed by atoms with Crippen LogP contribution in [0.5, 0.6) is 0 Å². The smallest absolute Gasteiger partial charge is 0.150 e. The maximum Gasteiger partial charge on any atom is 0.150 e. The van der Waals surface area contributed by atoms with Crippen molar-refractivity contribution in [2.45, 2.75) is 26.2 Å². The molecular weight excluding hydrogens is 188 g/mol. The Labute approximate surface area is 92.5 Å². The summed E-state index contributed by atoms with van der Waals surface area (Å²) in [7, 11) is 0. The van der Waals surface area contributed by atoms with E-state index >= 15 is 0 Å². The minimum Gasteiger partial charge on any atom is -0.315 e. The van der Waals surface area contributed by atoms with E-state index in [2.05, 4.69) is 16.8 Å². The maximum absolute atomic E-state index is 11.7. The summed E-state index contributed by atoms with van der Waals surface area (Å²) in [5, 5.41) is 3.33. The average Bonchev–Trinajstić information content (AvgIpc) is 2.46.